The Morgan fingerprint density at radius 2 is 2.05 bits per heavy atom. The first-order valence-corrected chi connectivity index (χ1v) is 7.79. The largest absolute Gasteiger partial charge is 0.377 e. The van der Waals surface area contributed by atoms with Crippen LogP contribution in [0.3, 0.4) is 0 Å². The molecular formula is C15H23BrN2O. The molecule has 1 aromatic carbocycles. The second kappa shape index (κ2) is 8.00. The monoisotopic (exact) mass is 326 g/mol. The van der Waals surface area contributed by atoms with Crippen molar-refractivity contribution in [2.75, 3.05) is 33.3 Å². The zero-order chi connectivity index (χ0) is 13.5. The Bertz CT molecular complexity index is 380. The number of piperidine rings is 1. The summed E-state index contributed by atoms with van der Waals surface area (Å²) in [4.78, 5) is 2.31. The molecule has 2 rings (SSSR count). The van der Waals surface area contributed by atoms with Gasteiger partial charge in [-0.1, -0.05) is 34.1 Å². The number of halogens is 1. The van der Waals surface area contributed by atoms with Gasteiger partial charge >= 0.3 is 0 Å². The SMILES string of the molecule is CN(CCOC1CCNCC1)Cc1ccccc1Br. The van der Waals surface area contributed by atoms with Crippen molar-refractivity contribution in [3.8, 4) is 0 Å². The van der Waals surface area contributed by atoms with Crippen LogP contribution in [0.25, 0.3) is 0 Å². The lowest BCUT2D eigenvalue weighted by molar-refractivity contribution is 0.0224. The Morgan fingerprint density at radius 1 is 1.32 bits per heavy atom. The van der Waals surface area contributed by atoms with Crippen LogP contribution in [0.2, 0.25) is 0 Å². The lowest BCUT2D eigenvalue weighted by Crippen LogP contribution is -2.34. The van der Waals surface area contributed by atoms with Crippen LogP contribution in [-0.2, 0) is 11.3 Å². The number of nitrogens with zero attached hydrogens (tertiary/aromatic N) is 1. The minimum absolute atomic E-state index is 0.457. The number of rotatable bonds is 6. The summed E-state index contributed by atoms with van der Waals surface area (Å²) in [5.41, 5.74) is 1.33. The predicted molar refractivity (Wildman–Crippen MR) is 82.3 cm³/mol. The maximum absolute atomic E-state index is 5.93. The Hall–Kier alpha value is -0.420. The fourth-order valence-electron chi connectivity index (χ4n) is 2.33. The molecule has 1 saturated heterocycles. The van der Waals surface area contributed by atoms with E-state index in [0.717, 1.165) is 45.6 Å². The van der Waals surface area contributed by atoms with Crippen molar-refractivity contribution in [3.05, 3.63) is 34.3 Å². The molecule has 106 valence electrons. The van der Waals surface area contributed by atoms with Crippen molar-refractivity contribution < 1.29 is 4.74 Å². The Balaban J connectivity index is 1.67. The molecule has 1 fully saturated rings. The van der Waals surface area contributed by atoms with Gasteiger partial charge in [-0.25, -0.2) is 0 Å². The van der Waals surface area contributed by atoms with Crippen molar-refractivity contribution in [3.63, 3.8) is 0 Å². The first kappa shape index (κ1) is 15.0. The molecule has 1 aliphatic heterocycles. The van der Waals surface area contributed by atoms with Gasteiger partial charge in [0.25, 0.3) is 0 Å². The minimum atomic E-state index is 0.457. The van der Waals surface area contributed by atoms with Crippen molar-refractivity contribution in [1.29, 1.82) is 0 Å². The summed E-state index contributed by atoms with van der Waals surface area (Å²) >= 11 is 3.59. The van der Waals surface area contributed by atoms with Crippen LogP contribution in [0.5, 0.6) is 0 Å². The number of ether oxygens (including phenoxy) is 1. The second-order valence-electron chi connectivity index (χ2n) is 5.15. The van der Waals surface area contributed by atoms with E-state index in [1.54, 1.807) is 0 Å². The van der Waals surface area contributed by atoms with Gasteiger partial charge in [-0.05, 0) is 44.6 Å². The topological polar surface area (TPSA) is 24.5 Å². The van der Waals surface area contributed by atoms with E-state index >= 15 is 0 Å². The number of likely N-dealkylation sites (N-methyl/N-ethyl adjacent to an activating group) is 1. The molecule has 0 amide bonds. The summed E-state index contributed by atoms with van der Waals surface area (Å²) < 4.78 is 7.11. The minimum Gasteiger partial charge on any atom is -0.377 e. The highest BCUT2D eigenvalue weighted by Gasteiger charge is 2.13. The van der Waals surface area contributed by atoms with Crippen LogP contribution in [0, 0.1) is 0 Å². The fraction of sp³-hybridized carbons (Fsp3) is 0.600. The molecule has 0 aromatic heterocycles. The molecule has 1 aromatic rings. The smallest absolute Gasteiger partial charge is 0.0600 e. The van der Waals surface area contributed by atoms with Crippen molar-refractivity contribution in [2.24, 2.45) is 0 Å². The van der Waals surface area contributed by atoms with Gasteiger partial charge in [0.05, 0.1) is 12.7 Å². The summed E-state index contributed by atoms with van der Waals surface area (Å²) in [6, 6.07) is 8.39. The third kappa shape index (κ3) is 5.22. The molecule has 0 atom stereocenters. The summed E-state index contributed by atoms with van der Waals surface area (Å²) in [5.74, 6) is 0. The average molecular weight is 327 g/mol. The quantitative estimate of drug-likeness (QED) is 0.869. The van der Waals surface area contributed by atoms with Gasteiger partial charge in [0.15, 0.2) is 0 Å². The van der Waals surface area contributed by atoms with Gasteiger partial charge in [0.1, 0.15) is 0 Å². The molecule has 1 aliphatic rings. The fourth-order valence-corrected chi connectivity index (χ4v) is 2.74. The van der Waals surface area contributed by atoms with E-state index in [1.165, 1.54) is 10.0 Å². The van der Waals surface area contributed by atoms with Crippen LogP contribution in [0.1, 0.15) is 18.4 Å². The predicted octanol–water partition coefficient (Wildman–Crippen LogP) is 2.65. The van der Waals surface area contributed by atoms with Crippen molar-refractivity contribution in [2.45, 2.75) is 25.5 Å². The summed E-state index contributed by atoms with van der Waals surface area (Å²) in [6.45, 7) is 4.95. The zero-order valence-electron chi connectivity index (χ0n) is 11.6. The van der Waals surface area contributed by atoms with Gasteiger partial charge < -0.3 is 10.1 Å². The van der Waals surface area contributed by atoms with Crippen LogP contribution in [-0.4, -0.2) is 44.3 Å². The van der Waals surface area contributed by atoms with Crippen molar-refractivity contribution in [1.82, 2.24) is 10.2 Å². The van der Waals surface area contributed by atoms with E-state index in [0.29, 0.717) is 6.10 Å². The van der Waals surface area contributed by atoms with E-state index in [4.69, 9.17) is 4.74 Å². The third-order valence-electron chi connectivity index (χ3n) is 3.51. The lowest BCUT2D eigenvalue weighted by Gasteiger charge is -2.24. The maximum atomic E-state index is 5.93. The first-order valence-electron chi connectivity index (χ1n) is 7.00. The summed E-state index contributed by atoms with van der Waals surface area (Å²) in [7, 11) is 2.14. The molecule has 3 nitrogen and oxygen atoms in total. The van der Waals surface area contributed by atoms with E-state index in [-0.39, 0.29) is 0 Å². The van der Waals surface area contributed by atoms with E-state index < -0.39 is 0 Å². The molecule has 0 bridgehead atoms. The molecule has 4 heteroatoms. The normalized spacial score (nSPS) is 17.0. The van der Waals surface area contributed by atoms with E-state index in [2.05, 4.69) is 51.4 Å². The van der Waals surface area contributed by atoms with Crippen LogP contribution < -0.4 is 5.32 Å². The average Bonchev–Trinajstić information content (AvgIpc) is 2.43. The second-order valence-corrected chi connectivity index (χ2v) is 6.00. The first-order chi connectivity index (χ1) is 9.25. The molecule has 0 radical (unpaired) electrons. The highest BCUT2D eigenvalue weighted by atomic mass is 79.9. The Morgan fingerprint density at radius 3 is 2.79 bits per heavy atom. The molecule has 0 unspecified atom stereocenters. The number of nitrogens with one attached hydrogen (secondary N) is 1. The summed E-state index contributed by atoms with van der Waals surface area (Å²) in [6.07, 6.45) is 2.75. The Kier molecular flexibility index (Phi) is 6.31. The highest BCUT2D eigenvalue weighted by Crippen LogP contribution is 2.17. The van der Waals surface area contributed by atoms with Gasteiger partial charge in [0.2, 0.25) is 0 Å². The molecule has 1 N–H and O–H groups in total. The van der Waals surface area contributed by atoms with Gasteiger partial charge in [0, 0.05) is 17.6 Å². The van der Waals surface area contributed by atoms with Gasteiger partial charge in [-0.3, -0.25) is 4.90 Å². The van der Waals surface area contributed by atoms with E-state index in [1.807, 2.05) is 6.07 Å². The standard InChI is InChI=1S/C15H23BrN2O/c1-18(12-13-4-2-3-5-15(13)16)10-11-19-14-6-8-17-9-7-14/h2-5,14,17H,6-12H2,1H3. The zero-order valence-corrected chi connectivity index (χ0v) is 13.2. The molecule has 1 heterocycles. The molecular weight excluding hydrogens is 304 g/mol. The van der Waals surface area contributed by atoms with Gasteiger partial charge in [-0.15, -0.1) is 0 Å². The van der Waals surface area contributed by atoms with Crippen molar-refractivity contribution >= 4 is 15.9 Å². The molecule has 0 saturated carbocycles. The summed E-state index contributed by atoms with van der Waals surface area (Å²) in [5, 5.41) is 3.36. The van der Waals surface area contributed by atoms with Crippen LogP contribution >= 0.6 is 15.9 Å². The number of hydrogen-bond acceptors (Lipinski definition) is 3. The lowest BCUT2D eigenvalue weighted by atomic mass is 10.1. The Labute approximate surface area is 124 Å². The number of benzene rings is 1. The van der Waals surface area contributed by atoms with Crippen LogP contribution in [0.4, 0.5) is 0 Å². The number of hydrogen-bond donors (Lipinski definition) is 1. The molecule has 0 spiro atoms. The molecule has 0 aliphatic carbocycles. The highest BCUT2D eigenvalue weighted by molar-refractivity contribution is 9.10. The third-order valence-corrected chi connectivity index (χ3v) is 4.28. The molecule has 19 heavy (non-hydrogen) atoms. The van der Waals surface area contributed by atoms with Crippen LogP contribution in [0.15, 0.2) is 28.7 Å². The van der Waals surface area contributed by atoms with Gasteiger partial charge in [-0.2, -0.15) is 0 Å². The van der Waals surface area contributed by atoms with E-state index in [9.17, 15) is 0 Å². The maximum Gasteiger partial charge on any atom is 0.0600 e.